The van der Waals surface area contributed by atoms with E-state index in [4.69, 9.17) is 4.74 Å². The van der Waals surface area contributed by atoms with Crippen LogP contribution in [0.25, 0.3) is 0 Å². The van der Waals surface area contributed by atoms with Crippen molar-refractivity contribution in [2.75, 3.05) is 13.7 Å². The van der Waals surface area contributed by atoms with Crippen LogP contribution in [0.15, 0.2) is 24.3 Å². The SMILES string of the molecule is COc1ccccc1C(=O)NCC=O. The standard InChI is InChI=1S/C10H11NO3/c1-14-9-5-3-2-4-8(9)10(13)11-6-7-12/h2-5,7H,6H2,1H3,(H,11,13). The number of para-hydroxylation sites is 1. The Kier molecular flexibility index (Phi) is 3.67. The summed E-state index contributed by atoms with van der Waals surface area (Å²) in [5.74, 6) is 0.186. The zero-order chi connectivity index (χ0) is 10.4. The number of hydrogen-bond acceptors (Lipinski definition) is 3. The number of aldehydes is 1. The van der Waals surface area contributed by atoms with Crippen LogP contribution in [-0.4, -0.2) is 25.8 Å². The number of hydrogen-bond donors (Lipinski definition) is 1. The van der Waals surface area contributed by atoms with Gasteiger partial charge in [0.2, 0.25) is 0 Å². The minimum absolute atomic E-state index is 0.0108. The van der Waals surface area contributed by atoms with Crippen molar-refractivity contribution in [3.8, 4) is 5.75 Å². The van der Waals surface area contributed by atoms with Crippen molar-refractivity contribution < 1.29 is 14.3 Å². The second-order valence-corrected chi connectivity index (χ2v) is 2.58. The summed E-state index contributed by atoms with van der Waals surface area (Å²) in [6.45, 7) is 0.0108. The fourth-order valence-electron chi connectivity index (χ4n) is 1.06. The highest BCUT2D eigenvalue weighted by Gasteiger charge is 2.09. The molecule has 0 saturated carbocycles. The molecule has 1 rings (SSSR count). The first kappa shape index (κ1) is 10.2. The molecule has 0 saturated heterocycles. The lowest BCUT2D eigenvalue weighted by molar-refractivity contribution is -0.107. The van der Waals surface area contributed by atoms with Crippen LogP contribution in [0.1, 0.15) is 10.4 Å². The van der Waals surface area contributed by atoms with E-state index in [0.717, 1.165) is 0 Å². The second kappa shape index (κ2) is 5.01. The highest BCUT2D eigenvalue weighted by Crippen LogP contribution is 2.16. The van der Waals surface area contributed by atoms with Gasteiger partial charge in [0.05, 0.1) is 19.2 Å². The van der Waals surface area contributed by atoms with Gasteiger partial charge in [-0.2, -0.15) is 0 Å². The van der Waals surface area contributed by atoms with E-state index in [9.17, 15) is 9.59 Å². The smallest absolute Gasteiger partial charge is 0.255 e. The van der Waals surface area contributed by atoms with Gasteiger partial charge in [-0.05, 0) is 12.1 Å². The molecule has 1 aromatic carbocycles. The third kappa shape index (κ3) is 2.32. The number of methoxy groups -OCH3 is 1. The van der Waals surface area contributed by atoms with Crippen molar-refractivity contribution in [1.82, 2.24) is 5.32 Å². The number of nitrogens with one attached hydrogen (secondary N) is 1. The molecule has 0 spiro atoms. The summed E-state index contributed by atoms with van der Waals surface area (Å²) in [4.78, 5) is 21.5. The van der Waals surface area contributed by atoms with E-state index in [1.165, 1.54) is 7.11 Å². The highest BCUT2D eigenvalue weighted by atomic mass is 16.5. The number of benzene rings is 1. The summed E-state index contributed by atoms with van der Waals surface area (Å²) in [6, 6.07) is 6.84. The molecule has 0 aromatic heterocycles. The summed E-state index contributed by atoms with van der Waals surface area (Å²) in [5, 5.41) is 2.44. The molecular formula is C10H11NO3. The average molecular weight is 193 g/mol. The van der Waals surface area contributed by atoms with Crippen LogP contribution in [0.4, 0.5) is 0 Å². The molecule has 0 aliphatic rings. The van der Waals surface area contributed by atoms with Crippen LogP contribution in [-0.2, 0) is 4.79 Å². The van der Waals surface area contributed by atoms with Crippen LogP contribution in [0, 0.1) is 0 Å². The number of rotatable bonds is 4. The predicted molar refractivity (Wildman–Crippen MR) is 51.4 cm³/mol. The zero-order valence-corrected chi connectivity index (χ0v) is 7.82. The maximum atomic E-state index is 11.4. The van der Waals surface area contributed by atoms with E-state index < -0.39 is 0 Å². The zero-order valence-electron chi connectivity index (χ0n) is 7.82. The molecule has 0 radical (unpaired) electrons. The summed E-state index contributed by atoms with van der Waals surface area (Å²) < 4.78 is 5.00. The molecule has 0 unspecified atom stereocenters. The molecule has 0 aliphatic carbocycles. The third-order valence-corrected chi connectivity index (χ3v) is 1.70. The Bertz CT molecular complexity index is 336. The summed E-state index contributed by atoms with van der Waals surface area (Å²) in [5.41, 5.74) is 0.428. The Morgan fingerprint density at radius 3 is 2.86 bits per heavy atom. The minimum Gasteiger partial charge on any atom is -0.496 e. The van der Waals surface area contributed by atoms with Crippen molar-refractivity contribution >= 4 is 12.2 Å². The maximum absolute atomic E-state index is 11.4. The molecule has 1 N–H and O–H groups in total. The molecule has 0 atom stereocenters. The van der Waals surface area contributed by atoms with Crippen LogP contribution in [0.5, 0.6) is 5.75 Å². The number of ether oxygens (including phenoxy) is 1. The van der Waals surface area contributed by atoms with Gasteiger partial charge in [0, 0.05) is 0 Å². The topological polar surface area (TPSA) is 55.4 Å². The number of amides is 1. The molecular weight excluding hydrogens is 182 g/mol. The van der Waals surface area contributed by atoms with Gasteiger partial charge in [-0.25, -0.2) is 0 Å². The monoisotopic (exact) mass is 193 g/mol. The fraction of sp³-hybridized carbons (Fsp3) is 0.200. The lowest BCUT2D eigenvalue weighted by atomic mass is 10.2. The van der Waals surface area contributed by atoms with Gasteiger partial charge in [0.25, 0.3) is 5.91 Å². The third-order valence-electron chi connectivity index (χ3n) is 1.70. The van der Waals surface area contributed by atoms with Gasteiger partial charge < -0.3 is 14.8 Å². The van der Waals surface area contributed by atoms with Crippen molar-refractivity contribution in [3.63, 3.8) is 0 Å². The molecule has 0 aliphatic heterocycles. The fourth-order valence-corrected chi connectivity index (χ4v) is 1.06. The van der Waals surface area contributed by atoms with Gasteiger partial charge in [0.1, 0.15) is 12.0 Å². The van der Waals surface area contributed by atoms with Gasteiger partial charge in [0.15, 0.2) is 0 Å². The maximum Gasteiger partial charge on any atom is 0.255 e. The Hall–Kier alpha value is -1.84. The normalized spacial score (nSPS) is 9.21. The summed E-state index contributed by atoms with van der Waals surface area (Å²) in [7, 11) is 1.49. The van der Waals surface area contributed by atoms with Crippen LogP contribution in [0.2, 0.25) is 0 Å². The molecule has 0 fully saturated rings. The molecule has 4 heteroatoms. The van der Waals surface area contributed by atoms with E-state index >= 15 is 0 Å². The molecule has 14 heavy (non-hydrogen) atoms. The quantitative estimate of drug-likeness (QED) is 0.713. The van der Waals surface area contributed by atoms with Gasteiger partial charge in [-0.3, -0.25) is 4.79 Å². The van der Waals surface area contributed by atoms with Gasteiger partial charge >= 0.3 is 0 Å². The van der Waals surface area contributed by atoms with Crippen molar-refractivity contribution in [2.45, 2.75) is 0 Å². The van der Waals surface area contributed by atoms with E-state index in [1.54, 1.807) is 24.3 Å². The van der Waals surface area contributed by atoms with E-state index in [0.29, 0.717) is 17.6 Å². The Labute approximate surface area is 81.9 Å². The van der Waals surface area contributed by atoms with E-state index in [-0.39, 0.29) is 12.5 Å². The van der Waals surface area contributed by atoms with Crippen LogP contribution >= 0.6 is 0 Å². The Morgan fingerprint density at radius 1 is 1.50 bits per heavy atom. The lowest BCUT2D eigenvalue weighted by Gasteiger charge is -2.06. The summed E-state index contributed by atoms with van der Waals surface area (Å²) >= 11 is 0. The predicted octanol–water partition coefficient (Wildman–Crippen LogP) is 0.624. The van der Waals surface area contributed by atoms with Crippen molar-refractivity contribution in [3.05, 3.63) is 29.8 Å². The Morgan fingerprint density at radius 2 is 2.21 bits per heavy atom. The van der Waals surface area contributed by atoms with Gasteiger partial charge in [-0.15, -0.1) is 0 Å². The molecule has 0 bridgehead atoms. The largest absolute Gasteiger partial charge is 0.496 e. The van der Waals surface area contributed by atoms with Gasteiger partial charge in [-0.1, -0.05) is 12.1 Å². The van der Waals surface area contributed by atoms with Crippen LogP contribution < -0.4 is 10.1 Å². The van der Waals surface area contributed by atoms with Crippen molar-refractivity contribution in [2.24, 2.45) is 0 Å². The first-order chi connectivity index (χ1) is 6.79. The van der Waals surface area contributed by atoms with E-state index in [2.05, 4.69) is 5.32 Å². The molecule has 0 heterocycles. The molecule has 1 aromatic rings. The number of carbonyl (C=O) groups is 2. The van der Waals surface area contributed by atoms with E-state index in [1.807, 2.05) is 0 Å². The first-order valence-corrected chi connectivity index (χ1v) is 4.14. The van der Waals surface area contributed by atoms with Crippen molar-refractivity contribution in [1.29, 1.82) is 0 Å². The number of carbonyl (C=O) groups excluding carboxylic acids is 2. The lowest BCUT2D eigenvalue weighted by Crippen LogP contribution is -2.25. The second-order valence-electron chi connectivity index (χ2n) is 2.58. The average Bonchev–Trinajstić information content (AvgIpc) is 2.25. The highest BCUT2D eigenvalue weighted by molar-refractivity contribution is 5.97. The minimum atomic E-state index is -0.311. The van der Waals surface area contributed by atoms with Crippen LogP contribution in [0.3, 0.4) is 0 Å². The first-order valence-electron chi connectivity index (χ1n) is 4.14. The molecule has 4 nitrogen and oxygen atoms in total. The summed E-state index contributed by atoms with van der Waals surface area (Å²) in [6.07, 6.45) is 0.632. The molecule has 1 amide bonds. The molecule has 74 valence electrons. The Balaban J connectivity index is 2.82.